The second-order valence-electron chi connectivity index (χ2n) is 6.10. The van der Waals surface area contributed by atoms with Crippen LogP contribution in [0, 0.1) is 18.8 Å². The van der Waals surface area contributed by atoms with Crippen LogP contribution in [0.5, 0.6) is 0 Å². The molecule has 3 rings (SSSR count). The lowest BCUT2D eigenvalue weighted by atomic mass is 9.73. The van der Waals surface area contributed by atoms with Crippen molar-refractivity contribution in [3.63, 3.8) is 0 Å². The van der Waals surface area contributed by atoms with E-state index in [0.717, 1.165) is 24.1 Å². The number of hydrogen-bond donors (Lipinski definition) is 1. The summed E-state index contributed by atoms with van der Waals surface area (Å²) in [7, 11) is 1.90. The van der Waals surface area contributed by atoms with Gasteiger partial charge in [0.15, 0.2) is 0 Å². The minimum atomic E-state index is -0.155. The van der Waals surface area contributed by atoms with Crippen LogP contribution < -0.4 is 5.32 Å². The summed E-state index contributed by atoms with van der Waals surface area (Å²) in [5, 5.41) is 6.80. The van der Waals surface area contributed by atoms with Crippen LogP contribution >= 0.6 is 0 Å². The molecular weight excluding hydrogens is 254 g/mol. The molecule has 2 aliphatic rings. The van der Waals surface area contributed by atoms with Gasteiger partial charge in [0.25, 0.3) is 0 Å². The molecule has 2 fully saturated rings. The zero-order valence-corrected chi connectivity index (χ0v) is 12.1. The maximum Gasteiger partial charge on any atom is 0.230 e. The number of nitrogens with one attached hydrogen (secondary N) is 1. The minimum absolute atomic E-state index is 0.00644. The molecule has 1 aliphatic heterocycles. The molecule has 1 saturated carbocycles. The van der Waals surface area contributed by atoms with Crippen molar-refractivity contribution in [2.24, 2.45) is 18.9 Å². The number of nitrogens with zero attached hydrogens (tertiary/aromatic N) is 2. The summed E-state index contributed by atoms with van der Waals surface area (Å²) in [6.07, 6.45) is 6.82. The van der Waals surface area contributed by atoms with Crippen LogP contribution in [-0.4, -0.2) is 21.6 Å². The molecule has 1 saturated heterocycles. The summed E-state index contributed by atoms with van der Waals surface area (Å²) in [4.78, 5) is 24.1. The molecule has 1 aliphatic carbocycles. The van der Waals surface area contributed by atoms with Crippen LogP contribution in [0.3, 0.4) is 0 Å². The highest BCUT2D eigenvalue weighted by Crippen LogP contribution is 2.43. The van der Waals surface area contributed by atoms with Crippen molar-refractivity contribution in [1.82, 2.24) is 15.1 Å². The van der Waals surface area contributed by atoms with Gasteiger partial charge in [0.05, 0.1) is 6.20 Å². The SMILES string of the molecule is Cc1c(C2CC(=O)NC(=O)C2C2CCCC2)cnn1C. The molecular formula is C15H21N3O2. The van der Waals surface area contributed by atoms with E-state index in [0.29, 0.717) is 12.3 Å². The van der Waals surface area contributed by atoms with E-state index in [1.165, 1.54) is 12.8 Å². The monoisotopic (exact) mass is 275 g/mol. The Hall–Kier alpha value is -1.65. The zero-order valence-electron chi connectivity index (χ0n) is 12.1. The maximum absolute atomic E-state index is 12.3. The van der Waals surface area contributed by atoms with Crippen LogP contribution in [0.1, 0.15) is 49.3 Å². The molecule has 20 heavy (non-hydrogen) atoms. The Kier molecular flexibility index (Phi) is 3.36. The number of aryl methyl sites for hydroxylation is 1. The summed E-state index contributed by atoms with van der Waals surface area (Å²) in [5.74, 6) is 0.0951. The summed E-state index contributed by atoms with van der Waals surface area (Å²) < 4.78 is 1.82. The normalized spacial score (nSPS) is 27.9. The van der Waals surface area contributed by atoms with Gasteiger partial charge >= 0.3 is 0 Å². The molecule has 108 valence electrons. The molecule has 1 aromatic heterocycles. The molecule has 1 N–H and O–H groups in total. The fourth-order valence-corrected chi connectivity index (χ4v) is 3.82. The standard InChI is InChI=1S/C15H21N3O2/c1-9-12(8-16-18(9)2)11-7-13(19)17-15(20)14(11)10-5-3-4-6-10/h8,10-11,14H,3-7H2,1-2H3,(H,17,19,20). The zero-order chi connectivity index (χ0) is 14.3. The number of hydrogen-bond acceptors (Lipinski definition) is 3. The summed E-state index contributed by atoms with van der Waals surface area (Å²) in [5.41, 5.74) is 2.12. The van der Waals surface area contributed by atoms with E-state index >= 15 is 0 Å². The molecule has 5 nitrogen and oxygen atoms in total. The van der Waals surface area contributed by atoms with Crippen molar-refractivity contribution < 1.29 is 9.59 Å². The molecule has 0 spiro atoms. The minimum Gasteiger partial charge on any atom is -0.296 e. The highest BCUT2D eigenvalue weighted by Gasteiger charge is 2.43. The van der Waals surface area contributed by atoms with E-state index in [1.807, 2.05) is 24.9 Å². The van der Waals surface area contributed by atoms with Crippen LogP contribution in [-0.2, 0) is 16.6 Å². The van der Waals surface area contributed by atoms with Crippen molar-refractivity contribution in [2.45, 2.75) is 44.9 Å². The smallest absolute Gasteiger partial charge is 0.230 e. The Bertz CT molecular complexity index is 543. The van der Waals surface area contributed by atoms with Crippen molar-refractivity contribution in [1.29, 1.82) is 0 Å². The van der Waals surface area contributed by atoms with E-state index in [-0.39, 0.29) is 23.7 Å². The number of carbonyl (C=O) groups excluding carboxylic acids is 2. The predicted octanol–water partition coefficient (Wildman–Crippen LogP) is 1.67. The highest BCUT2D eigenvalue weighted by molar-refractivity contribution is 6.00. The molecule has 0 aromatic carbocycles. The molecule has 0 bridgehead atoms. The molecule has 2 amide bonds. The lowest BCUT2D eigenvalue weighted by Crippen LogP contribution is -2.47. The number of amides is 2. The lowest BCUT2D eigenvalue weighted by molar-refractivity contribution is -0.138. The van der Waals surface area contributed by atoms with Crippen molar-refractivity contribution in [2.75, 3.05) is 0 Å². The first-order valence-electron chi connectivity index (χ1n) is 7.40. The molecule has 1 aromatic rings. The summed E-state index contributed by atoms with van der Waals surface area (Å²) in [6.45, 7) is 2.00. The van der Waals surface area contributed by atoms with E-state index in [2.05, 4.69) is 10.4 Å². The van der Waals surface area contributed by atoms with E-state index in [9.17, 15) is 9.59 Å². The fraction of sp³-hybridized carbons (Fsp3) is 0.667. The Morgan fingerprint density at radius 2 is 2.00 bits per heavy atom. The molecule has 2 heterocycles. The lowest BCUT2D eigenvalue weighted by Gasteiger charge is -2.34. The summed E-state index contributed by atoms with van der Waals surface area (Å²) in [6, 6.07) is 0. The first-order chi connectivity index (χ1) is 9.58. The number of carbonyl (C=O) groups is 2. The molecule has 2 unspecified atom stereocenters. The van der Waals surface area contributed by atoms with E-state index < -0.39 is 0 Å². The van der Waals surface area contributed by atoms with E-state index in [4.69, 9.17) is 0 Å². The van der Waals surface area contributed by atoms with Crippen molar-refractivity contribution in [3.05, 3.63) is 17.5 Å². The van der Waals surface area contributed by atoms with Crippen LogP contribution in [0.4, 0.5) is 0 Å². The average molecular weight is 275 g/mol. The maximum atomic E-state index is 12.3. The van der Waals surface area contributed by atoms with Gasteiger partial charge < -0.3 is 0 Å². The van der Waals surface area contributed by atoms with Crippen LogP contribution in [0.25, 0.3) is 0 Å². The van der Waals surface area contributed by atoms with Crippen LogP contribution in [0.15, 0.2) is 6.20 Å². The average Bonchev–Trinajstić information content (AvgIpc) is 3.01. The van der Waals surface area contributed by atoms with Crippen LogP contribution in [0.2, 0.25) is 0 Å². The van der Waals surface area contributed by atoms with Gasteiger partial charge in [0.2, 0.25) is 11.8 Å². The number of piperidine rings is 1. The van der Waals surface area contributed by atoms with Gasteiger partial charge in [-0.1, -0.05) is 12.8 Å². The van der Waals surface area contributed by atoms with Gasteiger partial charge in [-0.15, -0.1) is 0 Å². The van der Waals surface area contributed by atoms with Crippen molar-refractivity contribution in [3.8, 4) is 0 Å². The number of imide groups is 1. The Labute approximate surface area is 118 Å². The van der Waals surface area contributed by atoms with Crippen molar-refractivity contribution >= 4 is 11.8 Å². The van der Waals surface area contributed by atoms with Gasteiger partial charge in [-0.05, 0) is 31.2 Å². The molecule has 0 radical (unpaired) electrons. The topological polar surface area (TPSA) is 64.0 Å². The highest BCUT2D eigenvalue weighted by atomic mass is 16.2. The third-order valence-electron chi connectivity index (χ3n) is 4.98. The van der Waals surface area contributed by atoms with Gasteiger partial charge in [-0.25, -0.2) is 0 Å². The summed E-state index contributed by atoms with van der Waals surface area (Å²) >= 11 is 0. The number of rotatable bonds is 2. The Balaban J connectivity index is 1.96. The largest absolute Gasteiger partial charge is 0.296 e. The molecule has 2 atom stereocenters. The van der Waals surface area contributed by atoms with Gasteiger partial charge in [-0.2, -0.15) is 5.10 Å². The molecule has 5 heteroatoms. The second-order valence-corrected chi connectivity index (χ2v) is 6.10. The van der Waals surface area contributed by atoms with E-state index in [1.54, 1.807) is 0 Å². The van der Waals surface area contributed by atoms with Gasteiger partial charge in [0.1, 0.15) is 0 Å². The first kappa shape index (κ1) is 13.3. The second kappa shape index (κ2) is 5.04. The predicted molar refractivity (Wildman–Crippen MR) is 73.9 cm³/mol. The Morgan fingerprint density at radius 1 is 1.30 bits per heavy atom. The Morgan fingerprint density at radius 3 is 2.60 bits per heavy atom. The quantitative estimate of drug-likeness (QED) is 0.835. The van der Waals surface area contributed by atoms with Gasteiger partial charge in [0, 0.05) is 31.0 Å². The fourth-order valence-electron chi connectivity index (χ4n) is 3.82. The number of aromatic nitrogens is 2. The third kappa shape index (κ3) is 2.15. The third-order valence-corrected chi connectivity index (χ3v) is 4.98. The van der Waals surface area contributed by atoms with Gasteiger partial charge in [-0.3, -0.25) is 19.6 Å². The first-order valence-corrected chi connectivity index (χ1v) is 7.40.